The van der Waals surface area contributed by atoms with Crippen LogP contribution in [0, 0.1) is 39.9 Å². The summed E-state index contributed by atoms with van der Waals surface area (Å²) >= 11 is 0. The lowest BCUT2D eigenvalue weighted by atomic mass is 9.36. The van der Waals surface area contributed by atoms with E-state index < -0.39 is 92.0 Å². The van der Waals surface area contributed by atoms with E-state index in [1.807, 2.05) is 19.9 Å². The highest BCUT2D eigenvalue weighted by Gasteiger charge is 2.71. The maximum atomic E-state index is 12.9. The van der Waals surface area contributed by atoms with Gasteiger partial charge in [0.05, 0.1) is 25.4 Å². The van der Waals surface area contributed by atoms with Crippen LogP contribution in [0.15, 0.2) is 34.9 Å². The van der Waals surface area contributed by atoms with Crippen molar-refractivity contribution in [1.82, 2.24) is 0 Å². The van der Waals surface area contributed by atoms with Crippen LogP contribution in [-0.4, -0.2) is 128 Å². The van der Waals surface area contributed by atoms with Crippen LogP contribution in [0.4, 0.5) is 0 Å². The minimum absolute atomic E-state index is 0.0835. The molecule has 0 aromatic heterocycles. The van der Waals surface area contributed by atoms with Crippen molar-refractivity contribution in [2.24, 2.45) is 39.9 Å². The second-order valence-corrected chi connectivity index (χ2v) is 18.7. The Hall–Kier alpha value is -2.24. The van der Waals surface area contributed by atoms with Gasteiger partial charge in [0.1, 0.15) is 42.7 Å². The van der Waals surface area contributed by atoms with Crippen LogP contribution in [0.3, 0.4) is 0 Å². The summed E-state index contributed by atoms with van der Waals surface area (Å²) in [4.78, 5) is 25.4. The van der Waals surface area contributed by atoms with Crippen LogP contribution in [0.25, 0.3) is 0 Å². The lowest BCUT2D eigenvalue weighted by Gasteiger charge is -2.69. The van der Waals surface area contributed by atoms with Crippen LogP contribution in [0.5, 0.6) is 0 Å². The summed E-state index contributed by atoms with van der Waals surface area (Å²) < 4.78 is 30.0. The van der Waals surface area contributed by atoms with Gasteiger partial charge in [-0.1, -0.05) is 45.4 Å². The maximum Gasteiger partial charge on any atom is 0.331 e. The summed E-state index contributed by atoms with van der Waals surface area (Å²) in [6.45, 7) is 13.3. The van der Waals surface area contributed by atoms with Crippen LogP contribution in [0.1, 0.15) is 99.8 Å². The summed E-state index contributed by atoms with van der Waals surface area (Å²) in [5, 5.41) is 73.5. The summed E-state index contributed by atoms with van der Waals surface area (Å²) in [5.41, 5.74) is 0.998. The topological polar surface area (TPSA) is 222 Å². The molecule has 57 heavy (non-hydrogen) atoms. The monoisotopic (exact) mass is 806 g/mol. The summed E-state index contributed by atoms with van der Waals surface area (Å²) in [5.74, 6) is -1.51. The molecule has 6 aliphatic rings. The normalized spacial score (nSPS) is 47.6. The molecule has 1 saturated heterocycles. The standard InChI is InChI=1S/C43H66O14/c1-21(2)9-8-10-24(39(51)52)34-26-17-27(47)38-41(5)15-14-28(22(3)25(41)13-16-42(38,6)43(26,7)18-30(34)53-23(4)46)54-33-12-11-29(31(19-44)55-33)56-40-37(50)36(49)35(48)32(20-45)57-40/h9,11-12,22,25-33,35-38,40,44-45,47-50H,8,10,13-20H2,1-7H3,(H,51,52)/b34-24+/t22-,25-,26-,27+,28+,29-,30-,31+,32+,33?,35-,36-,37+,38?,40+,41-,42-,43-/m0/s1. The largest absolute Gasteiger partial charge is 0.478 e. The van der Waals surface area contributed by atoms with Crippen LogP contribution < -0.4 is 0 Å². The van der Waals surface area contributed by atoms with E-state index in [1.165, 1.54) is 6.92 Å². The third-order valence-electron chi connectivity index (χ3n) is 15.3. The summed E-state index contributed by atoms with van der Waals surface area (Å²) in [6.07, 6.45) is -1.09. The van der Waals surface area contributed by atoms with Gasteiger partial charge in [-0.3, -0.25) is 4.79 Å². The molecule has 322 valence electrons. The number of allylic oxidation sites excluding steroid dienone is 2. The number of rotatable bonds is 11. The number of esters is 1. The number of ether oxygens (including phenoxy) is 5. The number of aliphatic hydroxyl groups is 6. The van der Waals surface area contributed by atoms with Gasteiger partial charge in [-0.25, -0.2) is 4.79 Å². The summed E-state index contributed by atoms with van der Waals surface area (Å²) in [7, 11) is 0. The molecule has 0 amide bonds. The first-order chi connectivity index (χ1) is 26.8. The average molecular weight is 807 g/mol. The quantitative estimate of drug-likeness (QED) is 0.0907. The fourth-order valence-corrected chi connectivity index (χ4v) is 12.4. The molecule has 4 aliphatic carbocycles. The number of carboxylic acid groups (broad SMARTS) is 1. The van der Waals surface area contributed by atoms with E-state index in [2.05, 4.69) is 27.7 Å². The first kappa shape index (κ1) is 44.3. The van der Waals surface area contributed by atoms with Gasteiger partial charge in [-0.2, -0.15) is 0 Å². The van der Waals surface area contributed by atoms with Crippen molar-refractivity contribution in [2.75, 3.05) is 13.2 Å². The van der Waals surface area contributed by atoms with E-state index in [1.54, 1.807) is 12.2 Å². The molecule has 4 saturated carbocycles. The number of carbonyl (C=O) groups excluding carboxylic acids is 1. The van der Waals surface area contributed by atoms with Crippen molar-refractivity contribution < 1.29 is 69.0 Å². The molecule has 2 heterocycles. The fraction of sp³-hybridized carbons (Fsp3) is 0.814. The summed E-state index contributed by atoms with van der Waals surface area (Å²) in [6, 6.07) is 0. The van der Waals surface area contributed by atoms with E-state index in [4.69, 9.17) is 23.7 Å². The van der Waals surface area contributed by atoms with E-state index in [9.17, 15) is 45.3 Å². The zero-order chi connectivity index (χ0) is 41.8. The fourth-order valence-electron chi connectivity index (χ4n) is 12.4. The molecule has 14 heteroatoms. The van der Waals surface area contributed by atoms with Gasteiger partial charge in [0.15, 0.2) is 12.6 Å². The molecule has 0 bridgehead atoms. The first-order valence-corrected chi connectivity index (χ1v) is 20.8. The van der Waals surface area contributed by atoms with E-state index in [-0.39, 0.29) is 40.6 Å². The third-order valence-corrected chi connectivity index (χ3v) is 15.3. The van der Waals surface area contributed by atoms with Gasteiger partial charge in [-0.15, -0.1) is 0 Å². The molecule has 0 spiro atoms. The van der Waals surface area contributed by atoms with Gasteiger partial charge in [0.25, 0.3) is 0 Å². The van der Waals surface area contributed by atoms with Crippen molar-refractivity contribution in [1.29, 1.82) is 0 Å². The average Bonchev–Trinajstić information content (AvgIpc) is 3.42. The number of carbonyl (C=O) groups is 2. The molecule has 2 unspecified atom stereocenters. The van der Waals surface area contributed by atoms with Gasteiger partial charge < -0.3 is 59.4 Å². The van der Waals surface area contributed by atoms with Crippen LogP contribution >= 0.6 is 0 Å². The molecular weight excluding hydrogens is 740 g/mol. The van der Waals surface area contributed by atoms with Crippen molar-refractivity contribution in [3.63, 3.8) is 0 Å². The van der Waals surface area contributed by atoms with Crippen molar-refractivity contribution in [3.05, 3.63) is 34.9 Å². The number of hydrogen-bond acceptors (Lipinski definition) is 13. The molecule has 14 nitrogen and oxygen atoms in total. The molecule has 0 aromatic rings. The predicted octanol–water partition coefficient (Wildman–Crippen LogP) is 3.15. The smallest absolute Gasteiger partial charge is 0.331 e. The van der Waals surface area contributed by atoms with Crippen LogP contribution in [0.2, 0.25) is 0 Å². The van der Waals surface area contributed by atoms with Gasteiger partial charge >= 0.3 is 11.9 Å². The Balaban J connectivity index is 1.19. The third kappa shape index (κ3) is 7.93. The van der Waals surface area contributed by atoms with Gasteiger partial charge in [-0.05, 0) is 117 Å². The van der Waals surface area contributed by atoms with E-state index in [0.29, 0.717) is 43.3 Å². The molecule has 5 fully saturated rings. The number of carboxylic acids is 1. The van der Waals surface area contributed by atoms with E-state index >= 15 is 0 Å². The Kier molecular flexibility index (Phi) is 13.2. The lowest BCUT2D eigenvalue weighted by molar-refractivity contribution is -0.321. The van der Waals surface area contributed by atoms with Crippen LogP contribution in [-0.2, 0) is 33.3 Å². The SMILES string of the molecule is CC(=O)O[C@H]1C[C@@]2(C)[C@@H](C[C@@H](O)C3[C@]2(C)CC[C@H]2[C@H](C)[C@H](OC4C=C[C@H](O[C@@H]5O[C@H](CO)[C@H](O)[C@H](O)[C@H]5O)[C@@H](CO)O4)CC[C@]32C)/C1=C(/CCC=C(C)C)C(=O)O. The van der Waals surface area contributed by atoms with Gasteiger partial charge in [0, 0.05) is 12.5 Å². The molecule has 6 rings (SSSR count). The number of aliphatic hydroxyl groups excluding tert-OH is 6. The molecule has 2 aliphatic heterocycles. The Labute approximate surface area is 335 Å². The minimum Gasteiger partial charge on any atom is -0.478 e. The van der Waals surface area contributed by atoms with Crippen molar-refractivity contribution >= 4 is 11.9 Å². The lowest BCUT2D eigenvalue weighted by Crippen LogP contribution is -2.65. The number of hydrogen-bond donors (Lipinski definition) is 7. The first-order valence-electron chi connectivity index (χ1n) is 20.8. The maximum absolute atomic E-state index is 12.9. The highest BCUT2D eigenvalue weighted by molar-refractivity contribution is 5.88. The molecule has 0 radical (unpaired) electrons. The van der Waals surface area contributed by atoms with E-state index in [0.717, 1.165) is 24.8 Å². The molecule has 7 N–H and O–H groups in total. The Morgan fingerprint density at radius 3 is 2.23 bits per heavy atom. The zero-order valence-electron chi connectivity index (χ0n) is 34.5. The minimum atomic E-state index is -1.61. The van der Waals surface area contributed by atoms with Crippen molar-refractivity contribution in [3.8, 4) is 0 Å². The molecule has 0 aromatic carbocycles. The van der Waals surface area contributed by atoms with Crippen molar-refractivity contribution in [2.45, 2.75) is 167 Å². The predicted molar refractivity (Wildman–Crippen MR) is 205 cm³/mol. The Bertz CT molecular complexity index is 1570. The molecule has 18 atom stereocenters. The highest BCUT2D eigenvalue weighted by Crippen LogP contribution is 2.74. The Morgan fingerprint density at radius 2 is 1.60 bits per heavy atom. The second kappa shape index (κ2) is 17.0. The zero-order valence-corrected chi connectivity index (χ0v) is 34.5. The Morgan fingerprint density at radius 1 is 0.895 bits per heavy atom. The number of fused-ring (bicyclic) bond motifs is 5. The van der Waals surface area contributed by atoms with Gasteiger partial charge in [0.2, 0.25) is 0 Å². The number of aliphatic carboxylic acids is 1. The highest BCUT2D eigenvalue weighted by atomic mass is 16.7. The molecular formula is C43H66O14. The second-order valence-electron chi connectivity index (χ2n) is 18.7.